The molecule has 0 aliphatic heterocycles. The van der Waals surface area contributed by atoms with Crippen LogP contribution in [0.1, 0.15) is 38.6 Å². The van der Waals surface area contributed by atoms with Crippen molar-refractivity contribution in [1.82, 2.24) is 14.5 Å². The van der Waals surface area contributed by atoms with Crippen LogP contribution in [0.25, 0.3) is 0 Å². The predicted molar refractivity (Wildman–Crippen MR) is 64.7 cm³/mol. The Labute approximate surface area is 96.3 Å². The fraction of sp³-hybridized carbons (Fsp3) is 0.750. The van der Waals surface area contributed by atoms with Crippen LogP contribution in [-0.4, -0.2) is 22.2 Å². The van der Waals surface area contributed by atoms with E-state index in [2.05, 4.69) is 12.2 Å². The van der Waals surface area contributed by atoms with Crippen molar-refractivity contribution >= 4 is 0 Å². The Morgan fingerprint density at radius 2 is 2.19 bits per heavy atom. The molecule has 1 fully saturated rings. The second-order valence-corrected chi connectivity index (χ2v) is 4.47. The number of imidazole rings is 1. The minimum Gasteiger partial charge on any atom is -0.317 e. The third kappa shape index (κ3) is 2.76. The number of hydrogen-bond acceptors (Lipinski definition) is 2. The Morgan fingerprint density at radius 3 is 2.88 bits per heavy atom. The summed E-state index contributed by atoms with van der Waals surface area (Å²) in [6.45, 7) is 5.04. The molecule has 4 heteroatoms. The average molecular weight is 223 g/mol. The van der Waals surface area contributed by atoms with Gasteiger partial charge in [0.1, 0.15) is 0 Å². The molecule has 1 aromatic heterocycles. The molecule has 90 valence electrons. The lowest BCUT2D eigenvalue weighted by Gasteiger charge is -2.02. The van der Waals surface area contributed by atoms with Gasteiger partial charge in [-0.2, -0.15) is 0 Å². The highest BCUT2D eigenvalue weighted by molar-refractivity contribution is 4.91. The number of nitrogens with zero attached hydrogens (tertiary/aromatic N) is 2. The summed E-state index contributed by atoms with van der Waals surface area (Å²) in [5.74, 6) is 0. The predicted octanol–water partition coefficient (Wildman–Crippen LogP) is 1.37. The monoisotopic (exact) mass is 223 g/mol. The van der Waals surface area contributed by atoms with Gasteiger partial charge in [-0.25, -0.2) is 4.79 Å². The normalized spacial score (nSPS) is 15.6. The van der Waals surface area contributed by atoms with Crippen LogP contribution in [0.3, 0.4) is 0 Å². The van der Waals surface area contributed by atoms with Crippen molar-refractivity contribution in [3.8, 4) is 0 Å². The molecular formula is C12H21N3O. The molecule has 16 heavy (non-hydrogen) atoms. The number of aromatic nitrogens is 2. The zero-order chi connectivity index (χ0) is 11.4. The minimum atomic E-state index is 0.172. The molecule has 1 aliphatic rings. The highest BCUT2D eigenvalue weighted by Crippen LogP contribution is 2.33. The van der Waals surface area contributed by atoms with Crippen molar-refractivity contribution in [1.29, 1.82) is 0 Å². The maximum Gasteiger partial charge on any atom is 0.328 e. The summed E-state index contributed by atoms with van der Waals surface area (Å²) < 4.78 is 3.72. The van der Waals surface area contributed by atoms with Crippen LogP contribution in [0.15, 0.2) is 17.2 Å². The Kier molecular flexibility index (Phi) is 3.83. The van der Waals surface area contributed by atoms with Crippen molar-refractivity contribution in [2.75, 3.05) is 13.1 Å². The summed E-state index contributed by atoms with van der Waals surface area (Å²) in [5.41, 5.74) is 0.172. The van der Waals surface area contributed by atoms with Gasteiger partial charge in [0.25, 0.3) is 0 Å². The number of rotatable bonds is 7. The van der Waals surface area contributed by atoms with Gasteiger partial charge < -0.3 is 5.32 Å². The molecule has 0 atom stereocenters. The molecule has 1 heterocycles. The lowest BCUT2D eigenvalue weighted by Crippen LogP contribution is -2.24. The van der Waals surface area contributed by atoms with E-state index < -0.39 is 0 Å². The highest BCUT2D eigenvalue weighted by atomic mass is 16.1. The third-order valence-corrected chi connectivity index (χ3v) is 3.07. The quantitative estimate of drug-likeness (QED) is 0.709. The van der Waals surface area contributed by atoms with E-state index in [0.717, 1.165) is 32.5 Å². The molecule has 0 saturated heterocycles. The van der Waals surface area contributed by atoms with Gasteiger partial charge in [-0.05, 0) is 38.8 Å². The standard InChI is InChI=1S/C12H21N3O/c1-2-13-7-3-4-8-14-9-10-15(12(14)16)11-5-6-11/h9-11,13H,2-8H2,1H3. The van der Waals surface area contributed by atoms with Gasteiger partial charge in [0.15, 0.2) is 0 Å². The van der Waals surface area contributed by atoms with E-state index in [1.807, 2.05) is 21.5 Å². The van der Waals surface area contributed by atoms with E-state index in [1.165, 1.54) is 12.8 Å². The molecule has 0 amide bonds. The second kappa shape index (κ2) is 5.34. The number of nitrogens with one attached hydrogen (secondary N) is 1. The van der Waals surface area contributed by atoms with Gasteiger partial charge in [-0.1, -0.05) is 6.92 Å². The Morgan fingerprint density at radius 1 is 1.38 bits per heavy atom. The molecule has 0 radical (unpaired) electrons. The third-order valence-electron chi connectivity index (χ3n) is 3.07. The largest absolute Gasteiger partial charge is 0.328 e. The van der Waals surface area contributed by atoms with E-state index in [1.54, 1.807) is 0 Å². The van der Waals surface area contributed by atoms with Crippen LogP contribution in [-0.2, 0) is 6.54 Å². The van der Waals surface area contributed by atoms with Crippen LogP contribution in [0.2, 0.25) is 0 Å². The second-order valence-electron chi connectivity index (χ2n) is 4.47. The van der Waals surface area contributed by atoms with Crippen molar-refractivity contribution in [3.05, 3.63) is 22.9 Å². The van der Waals surface area contributed by atoms with Crippen molar-refractivity contribution < 1.29 is 0 Å². The van der Waals surface area contributed by atoms with E-state index in [-0.39, 0.29) is 5.69 Å². The van der Waals surface area contributed by atoms with Gasteiger partial charge in [-0.3, -0.25) is 9.13 Å². The lowest BCUT2D eigenvalue weighted by atomic mass is 10.3. The first-order chi connectivity index (χ1) is 7.83. The Bertz CT molecular complexity index is 376. The van der Waals surface area contributed by atoms with Crippen LogP contribution >= 0.6 is 0 Å². The van der Waals surface area contributed by atoms with Crippen LogP contribution in [0.5, 0.6) is 0 Å². The van der Waals surface area contributed by atoms with E-state index in [0.29, 0.717) is 6.04 Å². The first kappa shape index (κ1) is 11.5. The molecule has 1 aromatic rings. The minimum absolute atomic E-state index is 0.172. The smallest absolute Gasteiger partial charge is 0.317 e. The van der Waals surface area contributed by atoms with Crippen molar-refractivity contribution in [2.45, 2.75) is 45.2 Å². The summed E-state index contributed by atoms with van der Waals surface area (Å²) >= 11 is 0. The summed E-state index contributed by atoms with van der Waals surface area (Å²) in [7, 11) is 0. The van der Waals surface area contributed by atoms with Gasteiger partial charge >= 0.3 is 5.69 Å². The SMILES string of the molecule is CCNCCCCn1ccn(C2CC2)c1=O. The maximum atomic E-state index is 11.9. The Hall–Kier alpha value is -1.03. The molecule has 0 spiro atoms. The van der Waals surface area contributed by atoms with Gasteiger partial charge in [0, 0.05) is 25.0 Å². The van der Waals surface area contributed by atoms with Crippen LogP contribution in [0.4, 0.5) is 0 Å². The van der Waals surface area contributed by atoms with Gasteiger partial charge in [0.05, 0.1) is 0 Å². The molecule has 1 saturated carbocycles. The fourth-order valence-corrected chi connectivity index (χ4v) is 1.94. The summed E-state index contributed by atoms with van der Waals surface area (Å²) in [4.78, 5) is 11.9. The van der Waals surface area contributed by atoms with E-state index >= 15 is 0 Å². The molecule has 0 unspecified atom stereocenters. The molecule has 1 N–H and O–H groups in total. The molecular weight excluding hydrogens is 202 g/mol. The average Bonchev–Trinajstić information content (AvgIpc) is 3.05. The Balaban J connectivity index is 1.78. The highest BCUT2D eigenvalue weighted by Gasteiger charge is 2.25. The maximum absolute atomic E-state index is 11.9. The summed E-state index contributed by atoms with van der Waals surface area (Å²) in [5, 5.41) is 3.29. The molecule has 0 bridgehead atoms. The first-order valence-electron chi connectivity index (χ1n) is 6.31. The first-order valence-corrected chi connectivity index (χ1v) is 6.31. The fourth-order valence-electron chi connectivity index (χ4n) is 1.94. The van der Waals surface area contributed by atoms with E-state index in [9.17, 15) is 4.79 Å². The zero-order valence-corrected chi connectivity index (χ0v) is 9.98. The van der Waals surface area contributed by atoms with Crippen molar-refractivity contribution in [3.63, 3.8) is 0 Å². The molecule has 1 aliphatic carbocycles. The number of hydrogen-bond donors (Lipinski definition) is 1. The summed E-state index contributed by atoms with van der Waals surface area (Å²) in [6, 6.07) is 0.496. The van der Waals surface area contributed by atoms with Crippen molar-refractivity contribution in [2.24, 2.45) is 0 Å². The number of aryl methyl sites for hydroxylation is 1. The number of unbranched alkanes of at least 4 members (excludes halogenated alkanes) is 1. The molecule has 2 rings (SSSR count). The summed E-state index contributed by atoms with van der Waals surface area (Å²) in [6.07, 6.45) is 8.41. The van der Waals surface area contributed by atoms with Crippen LogP contribution in [0, 0.1) is 0 Å². The molecule has 0 aromatic carbocycles. The van der Waals surface area contributed by atoms with Gasteiger partial charge in [0.2, 0.25) is 0 Å². The zero-order valence-electron chi connectivity index (χ0n) is 9.98. The van der Waals surface area contributed by atoms with Crippen LogP contribution < -0.4 is 11.0 Å². The molecule has 4 nitrogen and oxygen atoms in total. The lowest BCUT2D eigenvalue weighted by molar-refractivity contribution is 0.553. The van der Waals surface area contributed by atoms with Gasteiger partial charge in [-0.15, -0.1) is 0 Å². The van der Waals surface area contributed by atoms with E-state index in [4.69, 9.17) is 0 Å². The topological polar surface area (TPSA) is 39.0 Å².